The lowest BCUT2D eigenvalue weighted by Crippen LogP contribution is -2.38. The Hall–Kier alpha value is -2.52. The predicted octanol–water partition coefficient (Wildman–Crippen LogP) is 5.15. The fraction of sp³-hybridized carbons (Fsp3) is 0.385. The summed E-state index contributed by atoms with van der Waals surface area (Å²) in [5.41, 5.74) is 3.83. The van der Waals surface area contributed by atoms with Crippen molar-refractivity contribution in [2.75, 3.05) is 26.3 Å². The maximum atomic E-state index is 15.1. The average Bonchev–Trinajstić information content (AvgIpc) is 3.42. The van der Waals surface area contributed by atoms with Crippen LogP contribution < -0.4 is 10.6 Å². The molecule has 1 amide bonds. The Kier molecular flexibility index (Phi) is 7.07. The molecule has 4 heterocycles. The van der Waals surface area contributed by atoms with Crippen LogP contribution in [0, 0.1) is 5.82 Å². The number of amides is 1. The number of nitrogens with zero attached hydrogens (tertiary/aromatic N) is 2. The first kappa shape index (κ1) is 24.2. The van der Waals surface area contributed by atoms with Gasteiger partial charge in [0, 0.05) is 36.6 Å². The lowest BCUT2D eigenvalue weighted by atomic mass is 9.89. The molecule has 4 aromatic rings. The maximum absolute atomic E-state index is 15.1. The van der Waals surface area contributed by atoms with Gasteiger partial charge in [0.15, 0.2) is 4.96 Å². The first-order valence-electron chi connectivity index (χ1n) is 12.0. The molecule has 2 N–H and O–H groups in total. The largest absolute Gasteiger partial charge is 0.381 e. The van der Waals surface area contributed by atoms with Crippen LogP contribution in [-0.2, 0) is 4.74 Å². The number of hydrogen-bond acceptors (Lipinski definition) is 5. The molecule has 35 heavy (non-hydrogen) atoms. The summed E-state index contributed by atoms with van der Waals surface area (Å²) in [5.74, 6) is 0.131. The molecule has 2 aliphatic rings. The molecule has 9 heteroatoms. The highest BCUT2D eigenvalue weighted by molar-refractivity contribution is 7.23. The Morgan fingerprint density at radius 2 is 1.91 bits per heavy atom. The van der Waals surface area contributed by atoms with Gasteiger partial charge in [0.2, 0.25) is 0 Å². The van der Waals surface area contributed by atoms with Crippen molar-refractivity contribution in [1.82, 2.24) is 20.0 Å². The van der Waals surface area contributed by atoms with Gasteiger partial charge in [-0.15, -0.1) is 12.4 Å². The van der Waals surface area contributed by atoms with Crippen molar-refractivity contribution >= 4 is 44.8 Å². The van der Waals surface area contributed by atoms with Crippen LogP contribution in [0.25, 0.3) is 26.4 Å². The second kappa shape index (κ2) is 10.2. The van der Waals surface area contributed by atoms with Gasteiger partial charge in [-0.1, -0.05) is 17.4 Å². The van der Waals surface area contributed by atoms with Crippen molar-refractivity contribution < 1.29 is 13.9 Å². The van der Waals surface area contributed by atoms with E-state index in [4.69, 9.17) is 9.72 Å². The van der Waals surface area contributed by atoms with Crippen LogP contribution in [0.1, 0.15) is 47.5 Å². The quantitative estimate of drug-likeness (QED) is 0.395. The molecule has 2 saturated heterocycles. The van der Waals surface area contributed by atoms with Crippen LogP contribution in [0.3, 0.4) is 0 Å². The highest BCUT2D eigenvalue weighted by Gasteiger charge is 2.20. The second-order valence-corrected chi connectivity index (χ2v) is 10.2. The van der Waals surface area contributed by atoms with E-state index in [9.17, 15) is 4.79 Å². The Bertz CT molecular complexity index is 1360. The molecule has 0 bridgehead atoms. The zero-order chi connectivity index (χ0) is 23.1. The van der Waals surface area contributed by atoms with Crippen LogP contribution in [0.15, 0.2) is 42.6 Å². The first-order chi connectivity index (χ1) is 16.7. The van der Waals surface area contributed by atoms with Crippen LogP contribution in [0.5, 0.6) is 0 Å². The zero-order valence-electron chi connectivity index (χ0n) is 19.3. The minimum absolute atomic E-state index is 0. The van der Waals surface area contributed by atoms with Crippen molar-refractivity contribution in [3.05, 3.63) is 59.5 Å². The Balaban J connectivity index is 0.00000253. The third-order valence-corrected chi connectivity index (χ3v) is 8.01. The number of carbonyl (C=O) groups excluding carboxylic acids is 1. The molecule has 6 nitrogen and oxygen atoms in total. The first-order valence-corrected chi connectivity index (χ1v) is 12.8. The molecule has 0 radical (unpaired) electrons. The van der Waals surface area contributed by atoms with E-state index in [-0.39, 0.29) is 30.2 Å². The van der Waals surface area contributed by atoms with E-state index in [1.807, 2.05) is 40.9 Å². The zero-order valence-corrected chi connectivity index (χ0v) is 20.9. The number of ether oxygens (including phenoxy) is 1. The molecule has 2 aromatic carbocycles. The van der Waals surface area contributed by atoms with Crippen molar-refractivity contribution in [1.29, 1.82) is 0 Å². The molecule has 0 saturated carbocycles. The van der Waals surface area contributed by atoms with Crippen molar-refractivity contribution in [3.63, 3.8) is 0 Å². The van der Waals surface area contributed by atoms with Gasteiger partial charge in [-0.2, -0.15) is 0 Å². The van der Waals surface area contributed by atoms with E-state index in [0.717, 1.165) is 59.5 Å². The van der Waals surface area contributed by atoms with Gasteiger partial charge in [-0.25, -0.2) is 9.37 Å². The fourth-order valence-corrected chi connectivity index (χ4v) is 6.08. The number of fused-ring (bicyclic) bond motifs is 3. The van der Waals surface area contributed by atoms with Crippen LogP contribution in [0.2, 0.25) is 0 Å². The van der Waals surface area contributed by atoms with Crippen LogP contribution in [0.4, 0.5) is 4.39 Å². The third-order valence-electron chi connectivity index (χ3n) is 6.99. The number of piperidine rings is 1. The normalized spacial score (nSPS) is 17.5. The summed E-state index contributed by atoms with van der Waals surface area (Å²) in [6.07, 6.45) is 5.66. The van der Waals surface area contributed by atoms with E-state index in [1.54, 1.807) is 6.07 Å². The standard InChI is InChI=1S/C26H27FN4O2S.ClH/c27-21-13-17(16-5-9-28-10-6-16)1-3-20(21)22-15-31-23-4-2-18(14-24(23)34-26(31)30-22)25(32)29-19-7-11-33-12-8-19;/h1-4,13-16,19,28H,5-12H2,(H,29,32);1H. The summed E-state index contributed by atoms with van der Waals surface area (Å²) in [6, 6.07) is 11.5. The summed E-state index contributed by atoms with van der Waals surface area (Å²) in [6.45, 7) is 3.35. The monoisotopic (exact) mass is 514 g/mol. The Labute approximate surface area is 213 Å². The van der Waals surface area contributed by atoms with Crippen molar-refractivity contribution in [3.8, 4) is 11.3 Å². The SMILES string of the molecule is Cl.O=C(NC1CCOCC1)c1ccc2c(c1)sc1nc(-c3ccc(C4CCNCC4)cc3F)cn12. The number of halogens is 2. The predicted molar refractivity (Wildman–Crippen MR) is 139 cm³/mol. The molecular weight excluding hydrogens is 487 g/mol. The van der Waals surface area contributed by atoms with E-state index >= 15 is 4.39 Å². The number of thiazole rings is 1. The average molecular weight is 515 g/mol. The maximum Gasteiger partial charge on any atom is 0.251 e. The summed E-state index contributed by atoms with van der Waals surface area (Å²) in [4.78, 5) is 18.2. The summed E-state index contributed by atoms with van der Waals surface area (Å²) < 4.78 is 23.4. The number of rotatable bonds is 4. The van der Waals surface area contributed by atoms with Gasteiger partial charge in [0.1, 0.15) is 5.82 Å². The van der Waals surface area contributed by atoms with Crippen LogP contribution >= 0.6 is 23.7 Å². The molecular formula is C26H28ClFN4O2S. The molecule has 0 aliphatic carbocycles. The Morgan fingerprint density at radius 1 is 1.11 bits per heavy atom. The van der Waals surface area contributed by atoms with Gasteiger partial charge in [0.05, 0.1) is 15.9 Å². The highest BCUT2D eigenvalue weighted by atomic mass is 35.5. The van der Waals surface area contributed by atoms with Crippen LogP contribution in [-0.4, -0.2) is 47.6 Å². The van der Waals surface area contributed by atoms with E-state index in [2.05, 4.69) is 10.6 Å². The molecule has 6 rings (SSSR count). The van der Waals surface area contributed by atoms with E-state index in [1.165, 1.54) is 11.3 Å². The molecule has 0 unspecified atom stereocenters. The fourth-order valence-electron chi connectivity index (χ4n) is 5.03. The summed E-state index contributed by atoms with van der Waals surface area (Å²) >= 11 is 1.51. The number of carbonyl (C=O) groups is 1. The Morgan fingerprint density at radius 3 is 2.69 bits per heavy atom. The summed E-state index contributed by atoms with van der Waals surface area (Å²) in [7, 11) is 0. The van der Waals surface area contributed by atoms with Crippen molar-refractivity contribution in [2.24, 2.45) is 0 Å². The lowest BCUT2D eigenvalue weighted by Gasteiger charge is -2.23. The van der Waals surface area contributed by atoms with Gasteiger partial charge in [0.25, 0.3) is 5.91 Å². The van der Waals surface area contributed by atoms with Crippen molar-refractivity contribution in [2.45, 2.75) is 37.6 Å². The van der Waals surface area contributed by atoms with E-state index in [0.29, 0.717) is 36.0 Å². The van der Waals surface area contributed by atoms with Gasteiger partial charge >= 0.3 is 0 Å². The third kappa shape index (κ3) is 4.80. The molecule has 0 spiro atoms. The van der Waals surface area contributed by atoms with E-state index < -0.39 is 0 Å². The topological polar surface area (TPSA) is 67.7 Å². The molecule has 2 aromatic heterocycles. The molecule has 2 fully saturated rings. The number of hydrogen-bond donors (Lipinski definition) is 2. The van der Waals surface area contributed by atoms with Gasteiger partial charge in [-0.3, -0.25) is 9.20 Å². The minimum atomic E-state index is -0.224. The molecule has 184 valence electrons. The summed E-state index contributed by atoms with van der Waals surface area (Å²) in [5, 5.41) is 6.47. The smallest absolute Gasteiger partial charge is 0.251 e. The number of aromatic nitrogens is 2. The molecule has 0 atom stereocenters. The number of nitrogens with one attached hydrogen (secondary N) is 2. The number of benzene rings is 2. The van der Waals surface area contributed by atoms with Gasteiger partial charge < -0.3 is 15.4 Å². The highest BCUT2D eigenvalue weighted by Crippen LogP contribution is 2.33. The van der Waals surface area contributed by atoms with Gasteiger partial charge in [-0.05, 0) is 80.6 Å². The lowest BCUT2D eigenvalue weighted by molar-refractivity contribution is 0.0696. The minimum Gasteiger partial charge on any atom is -0.381 e. The number of imidazole rings is 1. The second-order valence-electron chi connectivity index (χ2n) is 9.19. The molecule has 2 aliphatic heterocycles.